The highest BCUT2D eigenvalue weighted by atomic mass is 35.5. The van der Waals surface area contributed by atoms with Gasteiger partial charge < -0.3 is 15.0 Å². The smallest absolute Gasteiger partial charge is 0.0612 e. The van der Waals surface area contributed by atoms with E-state index >= 15 is 0 Å². The zero-order chi connectivity index (χ0) is 14.7. The molecule has 1 aromatic rings. The Hall–Kier alpha value is -0.520. The monoisotopic (exact) mass is 329 g/mol. The van der Waals surface area contributed by atoms with Gasteiger partial charge in [-0.3, -0.25) is 4.90 Å². The highest BCUT2D eigenvalue weighted by Gasteiger charge is 2.23. The van der Waals surface area contributed by atoms with E-state index in [0.717, 1.165) is 58.2 Å². The number of ether oxygens (including phenoxy) is 1. The number of anilines is 1. The fourth-order valence-corrected chi connectivity index (χ4v) is 3.25. The number of benzene rings is 1. The molecule has 1 aromatic carbocycles. The van der Waals surface area contributed by atoms with Crippen LogP contribution in [0, 0.1) is 0 Å². The number of hydrogen-bond acceptors (Lipinski definition) is 4. The molecule has 0 bridgehead atoms. The molecule has 1 atom stereocenters. The van der Waals surface area contributed by atoms with Crippen LogP contribution >= 0.6 is 23.2 Å². The van der Waals surface area contributed by atoms with Gasteiger partial charge in [-0.25, -0.2) is 0 Å². The topological polar surface area (TPSA) is 27.7 Å². The maximum atomic E-state index is 6.13. The highest BCUT2D eigenvalue weighted by Crippen LogP contribution is 2.27. The summed E-state index contributed by atoms with van der Waals surface area (Å²) in [6.45, 7) is 7.83. The van der Waals surface area contributed by atoms with Crippen molar-refractivity contribution in [3.8, 4) is 0 Å². The Bertz CT molecular complexity index is 480. The third kappa shape index (κ3) is 4.02. The summed E-state index contributed by atoms with van der Waals surface area (Å²) < 4.78 is 5.40. The number of rotatable bonds is 3. The first-order valence-electron chi connectivity index (χ1n) is 7.46. The van der Waals surface area contributed by atoms with Crippen molar-refractivity contribution < 1.29 is 4.74 Å². The molecule has 0 aliphatic carbocycles. The molecule has 1 unspecified atom stereocenters. The van der Waals surface area contributed by atoms with Gasteiger partial charge >= 0.3 is 0 Å². The van der Waals surface area contributed by atoms with Gasteiger partial charge in [-0.05, 0) is 18.2 Å². The quantitative estimate of drug-likeness (QED) is 0.919. The van der Waals surface area contributed by atoms with Crippen molar-refractivity contribution in [3.63, 3.8) is 0 Å². The van der Waals surface area contributed by atoms with Crippen LogP contribution in [0.15, 0.2) is 18.2 Å². The molecule has 3 rings (SSSR count). The molecule has 2 fully saturated rings. The van der Waals surface area contributed by atoms with Crippen LogP contribution in [0.4, 0.5) is 5.69 Å². The molecular weight excluding hydrogens is 309 g/mol. The van der Waals surface area contributed by atoms with E-state index in [1.165, 1.54) is 0 Å². The Morgan fingerprint density at radius 1 is 1.14 bits per heavy atom. The average Bonchev–Trinajstić information content (AvgIpc) is 2.51. The third-order valence-electron chi connectivity index (χ3n) is 4.11. The molecule has 0 saturated carbocycles. The zero-order valence-electron chi connectivity index (χ0n) is 12.0. The second-order valence-electron chi connectivity index (χ2n) is 5.61. The number of halogens is 2. The van der Waals surface area contributed by atoms with Gasteiger partial charge in [-0.2, -0.15) is 0 Å². The van der Waals surface area contributed by atoms with Crippen LogP contribution < -0.4 is 10.2 Å². The summed E-state index contributed by atoms with van der Waals surface area (Å²) in [6.07, 6.45) is 0. The van der Waals surface area contributed by atoms with Crippen molar-refractivity contribution in [1.29, 1.82) is 0 Å². The summed E-state index contributed by atoms with van der Waals surface area (Å²) in [5.41, 5.74) is 1.15. The van der Waals surface area contributed by atoms with Crippen LogP contribution in [0.5, 0.6) is 0 Å². The Balaban J connectivity index is 1.60. The van der Waals surface area contributed by atoms with Crippen molar-refractivity contribution in [3.05, 3.63) is 28.2 Å². The Kier molecular flexibility index (Phi) is 5.24. The number of morpholine rings is 1. The lowest BCUT2D eigenvalue weighted by Gasteiger charge is -2.38. The summed E-state index contributed by atoms with van der Waals surface area (Å²) in [6, 6.07) is 6.36. The molecular formula is C15H21Cl2N3O. The fraction of sp³-hybridized carbons (Fsp3) is 0.600. The second kappa shape index (κ2) is 7.16. The number of nitrogens with zero attached hydrogens (tertiary/aromatic N) is 2. The van der Waals surface area contributed by atoms with Crippen LogP contribution in [0.1, 0.15) is 0 Å². The SMILES string of the molecule is Clc1ccc(N2CCNC(CN3CCOCC3)C2)cc1Cl. The molecule has 0 aromatic heterocycles. The van der Waals surface area contributed by atoms with Gasteiger partial charge in [-0.15, -0.1) is 0 Å². The summed E-state index contributed by atoms with van der Waals surface area (Å²) >= 11 is 12.1. The molecule has 6 heteroatoms. The van der Waals surface area contributed by atoms with Gasteiger partial charge in [0.25, 0.3) is 0 Å². The maximum absolute atomic E-state index is 6.13. The van der Waals surface area contributed by atoms with E-state index in [1.807, 2.05) is 18.2 Å². The van der Waals surface area contributed by atoms with Crippen LogP contribution in [-0.2, 0) is 4.74 Å². The summed E-state index contributed by atoms with van der Waals surface area (Å²) in [5.74, 6) is 0. The highest BCUT2D eigenvalue weighted by molar-refractivity contribution is 6.42. The molecule has 0 amide bonds. The largest absolute Gasteiger partial charge is 0.379 e. The first-order valence-corrected chi connectivity index (χ1v) is 8.21. The van der Waals surface area contributed by atoms with Gasteiger partial charge in [0, 0.05) is 51.0 Å². The molecule has 0 spiro atoms. The van der Waals surface area contributed by atoms with Gasteiger partial charge in [0.05, 0.1) is 23.3 Å². The minimum absolute atomic E-state index is 0.478. The van der Waals surface area contributed by atoms with Crippen molar-refractivity contribution >= 4 is 28.9 Å². The lowest BCUT2D eigenvalue weighted by atomic mass is 10.1. The van der Waals surface area contributed by atoms with E-state index in [9.17, 15) is 0 Å². The molecule has 2 saturated heterocycles. The summed E-state index contributed by atoms with van der Waals surface area (Å²) in [4.78, 5) is 4.85. The van der Waals surface area contributed by atoms with Gasteiger partial charge in [0.1, 0.15) is 0 Å². The predicted octanol–water partition coefficient (Wildman–Crippen LogP) is 2.10. The second-order valence-corrected chi connectivity index (χ2v) is 6.42. The third-order valence-corrected chi connectivity index (χ3v) is 4.85. The molecule has 21 heavy (non-hydrogen) atoms. The number of nitrogens with one attached hydrogen (secondary N) is 1. The van der Waals surface area contributed by atoms with E-state index in [-0.39, 0.29) is 0 Å². The standard InChI is InChI=1S/C15H21Cl2N3O/c16-14-2-1-13(9-15(14)17)20-4-3-18-12(11-20)10-19-5-7-21-8-6-19/h1-2,9,12,18H,3-8,10-11H2. The average molecular weight is 330 g/mol. The minimum atomic E-state index is 0.478. The number of piperazine rings is 1. The maximum Gasteiger partial charge on any atom is 0.0612 e. The Morgan fingerprint density at radius 2 is 1.95 bits per heavy atom. The van der Waals surface area contributed by atoms with Crippen LogP contribution in [0.2, 0.25) is 10.0 Å². The van der Waals surface area contributed by atoms with Crippen molar-refractivity contribution in [2.24, 2.45) is 0 Å². The van der Waals surface area contributed by atoms with Crippen LogP contribution in [0.3, 0.4) is 0 Å². The molecule has 1 N–H and O–H groups in total. The predicted molar refractivity (Wildman–Crippen MR) is 87.7 cm³/mol. The summed E-state index contributed by atoms with van der Waals surface area (Å²) in [5, 5.41) is 4.84. The Labute approximate surface area is 135 Å². The fourth-order valence-electron chi connectivity index (χ4n) is 2.96. The normalized spacial score (nSPS) is 24.3. The van der Waals surface area contributed by atoms with E-state index in [1.54, 1.807) is 0 Å². The minimum Gasteiger partial charge on any atom is -0.379 e. The lowest BCUT2D eigenvalue weighted by Crippen LogP contribution is -2.56. The van der Waals surface area contributed by atoms with E-state index in [2.05, 4.69) is 15.1 Å². The zero-order valence-corrected chi connectivity index (χ0v) is 13.5. The van der Waals surface area contributed by atoms with Gasteiger partial charge in [-0.1, -0.05) is 23.2 Å². The Morgan fingerprint density at radius 3 is 2.71 bits per heavy atom. The molecule has 116 valence electrons. The van der Waals surface area contributed by atoms with Crippen LogP contribution in [-0.4, -0.2) is 63.4 Å². The first kappa shape index (κ1) is 15.4. The van der Waals surface area contributed by atoms with Gasteiger partial charge in [0.2, 0.25) is 0 Å². The van der Waals surface area contributed by atoms with Crippen molar-refractivity contribution in [1.82, 2.24) is 10.2 Å². The molecule has 2 aliphatic heterocycles. The van der Waals surface area contributed by atoms with E-state index in [0.29, 0.717) is 16.1 Å². The molecule has 4 nitrogen and oxygen atoms in total. The van der Waals surface area contributed by atoms with E-state index < -0.39 is 0 Å². The van der Waals surface area contributed by atoms with Crippen molar-refractivity contribution in [2.45, 2.75) is 6.04 Å². The number of hydrogen-bond donors (Lipinski definition) is 1. The lowest BCUT2D eigenvalue weighted by molar-refractivity contribution is 0.0334. The summed E-state index contributed by atoms with van der Waals surface area (Å²) in [7, 11) is 0. The van der Waals surface area contributed by atoms with Gasteiger partial charge in [0.15, 0.2) is 0 Å². The molecule has 2 heterocycles. The first-order chi connectivity index (χ1) is 10.2. The van der Waals surface area contributed by atoms with E-state index in [4.69, 9.17) is 27.9 Å². The van der Waals surface area contributed by atoms with Crippen molar-refractivity contribution in [2.75, 3.05) is 57.4 Å². The molecule has 0 radical (unpaired) electrons. The van der Waals surface area contributed by atoms with Crippen LogP contribution in [0.25, 0.3) is 0 Å². The molecule has 2 aliphatic rings.